The molecule has 3 N–H and O–H groups in total. The number of ether oxygens (including phenoxy) is 1. The molecule has 2 rings (SSSR count). The van der Waals surface area contributed by atoms with Gasteiger partial charge in [-0.2, -0.15) is 0 Å². The van der Waals surface area contributed by atoms with E-state index >= 15 is 0 Å². The zero-order valence-electron chi connectivity index (χ0n) is 10.7. The van der Waals surface area contributed by atoms with E-state index in [0.29, 0.717) is 0 Å². The Kier molecular flexibility index (Phi) is 4.32. The predicted molar refractivity (Wildman–Crippen MR) is 69.6 cm³/mol. The molecule has 0 aliphatic rings. The highest BCUT2D eigenvalue weighted by Gasteiger charge is 2.08. The zero-order chi connectivity index (χ0) is 15.4. The SMILES string of the molecule is N/C(=N\O)c1ccc(COc2ccc(F)c(F)c2)c(F)c1. The number of amidine groups is 1. The fraction of sp³-hybridized carbons (Fsp3) is 0.0714. The van der Waals surface area contributed by atoms with Gasteiger partial charge in [-0.25, -0.2) is 13.2 Å². The third kappa shape index (κ3) is 3.44. The number of benzene rings is 2. The van der Waals surface area contributed by atoms with Crippen molar-refractivity contribution in [1.29, 1.82) is 0 Å². The summed E-state index contributed by atoms with van der Waals surface area (Å²) < 4.78 is 44.7. The van der Waals surface area contributed by atoms with Crippen LogP contribution in [-0.4, -0.2) is 11.0 Å². The molecule has 0 atom stereocenters. The Hall–Kier alpha value is -2.70. The molecule has 110 valence electrons. The molecule has 0 amide bonds. The summed E-state index contributed by atoms with van der Waals surface area (Å²) in [7, 11) is 0. The Balaban J connectivity index is 2.11. The maximum atomic E-state index is 13.8. The number of halogens is 3. The molecule has 21 heavy (non-hydrogen) atoms. The van der Waals surface area contributed by atoms with E-state index in [1.54, 1.807) is 0 Å². The minimum atomic E-state index is -1.05. The van der Waals surface area contributed by atoms with Gasteiger partial charge in [0.1, 0.15) is 18.2 Å². The van der Waals surface area contributed by atoms with E-state index in [9.17, 15) is 13.2 Å². The van der Waals surface area contributed by atoms with Crippen LogP contribution < -0.4 is 10.5 Å². The van der Waals surface area contributed by atoms with Crippen molar-refractivity contribution >= 4 is 5.84 Å². The molecule has 0 saturated heterocycles. The van der Waals surface area contributed by atoms with Gasteiger partial charge in [0.05, 0.1) is 0 Å². The number of hydrogen-bond acceptors (Lipinski definition) is 3. The molecule has 2 aromatic rings. The van der Waals surface area contributed by atoms with Crippen LogP contribution in [-0.2, 0) is 6.61 Å². The Morgan fingerprint density at radius 2 is 1.81 bits per heavy atom. The standard InChI is InChI=1S/C14H11F3N2O2/c15-11-4-3-10(6-13(11)17)21-7-9-2-1-8(5-12(9)16)14(18)19-20/h1-6,20H,7H2,(H2,18,19). The summed E-state index contributed by atoms with van der Waals surface area (Å²) >= 11 is 0. The molecular formula is C14H11F3N2O2. The van der Waals surface area contributed by atoms with Crippen LogP contribution in [0.5, 0.6) is 5.75 Å². The van der Waals surface area contributed by atoms with E-state index in [2.05, 4.69) is 5.16 Å². The number of oxime groups is 1. The number of nitrogens with zero attached hydrogens (tertiary/aromatic N) is 1. The van der Waals surface area contributed by atoms with E-state index < -0.39 is 17.5 Å². The van der Waals surface area contributed by atoms with Crippen molar-refractivity contribution in [2.24, 2.45) is 10.9 Å². The summed E-state index contributed by atoms with van der Waals surface area (Å²) in [4.78, 5) is 0. The normalized spacial score (nSPS) is 11.5. The summed E-state index contributed by atoms with van der Waals surface area (Å²) in [5.41, 5.74) is 5.74. The van der Waals surface area contributed by atoms with E-state index in [-0.39, 0.29) is 29.3 Å². The maximum absolute atomic E-state index is 13.8. The van der Waals surface area contributed by atoms with Crippen molar-refractivity contribution < 1.29 is 23.1 Å². The molecular weight excluding hydrogens is 285 g/mol. The molecule has 0 saturated carbocycles. The highest BCUT2D eigenvalue weighted by atomic mass is 19.2. The fourth-order valence-electron chi connectivity index (χ4n) is 1.61. The summed E-state index contributed by atoms with van der Waals surface area (Å²) in [5.74, 6) is -2.80. The van der Waals surface area contributed by atoms with Gasteiger partial charge in [-0.3, -0.25) is 0 Å². The summed E-state index contributed by atoms with van der Waals surface area (Å²) in [6.45, 7) is -0.173. The molecule has 0 aromatic heterocycles. The van der Waals surface area contributed by atoms with Crippen LogP contribution in [0.1, 0.15) is 11.1 Å². The van der Waals surface area contributed by atoms with Crippen molar-refractivity contribution in [3.63, 3.8) is 0 Å². The molecule has 0 heterocycles. The molecule has 0 aliphatic carbocycles. The second kappa shape index (κ2) is 6.17. The van der Waals surface area contributed by atoms with Gasteiger partial charge in [0.15, 0.2) is 17.5 Å². The van der Waals surface area contributed by atoms with Crippen LogP contribution in [0, 0.1) is 17.5 Å². The average molecular weight is 296 g/mol. The first kappa shape index (κ1) is 14.7. The van der Waals surface area contributed by atoms with Gasteiger partial charge in [0.25, 0.3) is 0 Å². The third-order valence-electron chi connectivity index (χ3n) is 2.74. The molecule has 2 aromatic carbocycles. The smallest absolute Gasteiger partial charge is 0.170 e. The summed E-state index contributed by atoms with van der Waals surface area (Å²) in [5, 5.41) is 11.3. The molecule has 7 heteroatoms. The molecule has 0 fully saturated rings. The van der Waals surface area contributed by atoms with Gasteiger partial charge < -0.3 is 15.7 Å². The van der Waals surface area contributed by atoms with E-state index in [0.717, 1.165) is 18.2 Å². The van der Waals surface area contributed by atoms with Crippen LogP contribution in [0.15, 0.2) is 41.6 Å². The zero-order valence-corrected chi connectivity index (χ0v) is 10.7. The minimum Gasteiger partial charge on any atom is -0.489 e. The maximum Gasteiger partial charge on any atom is 0.170 e. The molecule has 0 radical (unpaired) electrons. The van der Waals surface area contributed by atoms with Crippen LogP contribution >= 0.6 is 0 Å². The van der Waals surface area contributed by atoms with Crippen LogP contribution in [0.3, 0.4) is 0 Å². The van der Waals surface area contributed by atoms with E-state index in [1.165, 1.54) is 18.2 Å². The lowest BCUT2D eigenvalue weighted by molar-refractivity contribution is 0.297. The fourth-order valence-corrected chi connectivity index (χ4v) is 1.61. The number of hydrogen-bond donors (Lipinski definition) is 2. The minimum absolute atomic E-state index is 0.0776. The van der Waals surface area contributed by atoms with Gasteiger partial charge in [0.2, 0.25) is 0 Å². The molecule has 0 bridgehead atoms. The Bertz CT molecular complexity index is 690. The van der Waals surface area contributed by atoms with Crippen molar-refractivity contribution in [3.05, 3.63) is 65.0 Å². The molecule has 0 unspecified atom stereocenters. The quantitative estimate of drug-likeness (QED) is 0.394. The first-order chi connectivity index (χ1) is 10.0. The average Bonchev–Trinajstić information content (AvgIpc) is 2.48. The van der Waals surface area contributed by atoms with Crippen molar-refractivity contribution in [2.75, 3.05) is 0 Å². The van der Waals surface area contributed by atoms with Gasteiger partial charge >= 0.3 is 0 Å². The van der Waals surface area contributed by atoms with E-state index in [1.807, 2.05) is 0 Å². The summed E-state index contributed by atoms with van der Waals surface area (Å²) in [6.07, 6.45) is 0. The van der Waals surface area contributed by atoms with Gasteiger partial charge in [-0.05, 0) is 18.2 Å². The Morgan fingerprint density at radius 1 is 1.05 bits per heavy atom. The molecule has 0 spiro atoms. The van der Waals surface area contributed by atoms with Crippen molar-refractivity contribution in [2.45, 2.75) is 6.61 Å². The molecule has 0 aliphatic heterocycles. The third-order valence-corrected chi connectivity index (χ3v) is 2.74. The first-order valence-corrected chi connectivity index (χ1v) is 5.85. The summed E-state index contributed by atoms with van der Waals surface area (Å²) in [6, 6.07) is 6.95. The second-order valence-corrected chi connectivity index (χ2v) is 4.16. The topological polar surface area (TPSA) is 67.8 Å². The second-order valence-electron chi connectivity index (χ2n) is 4.16. The number of nitrogens with two attached hydrogens (primary N) is 1. The Labute approximate surface area is 118 Å². The van der Waals surface area contributed by atoms with Crippen LogP contribution in [0.25, 0.3) is 0 Å². The monoisotopic (exact) mass is 296 g/mol. The van der Waals surface area contributed by atoms with Crippen LogP contribution in [0.4, 0.5) is 13.2 Å². The lowest BCUT2D eigenvalue weighted by Crippen LogP contribution is -2.13. The largest absolute Gasteiger partial charge is 0.489 e. The predicted octanol–water partition coefficient (Wildman–Crippen LogP) is 2.78. The lowest BCUT2D eigenvalue weighted by Gasteiger charge is -2.08. The van der Waals surface area contributed by atoms with Crippen molar-refractivity contribution in [1.82, 2.24) is 0 Å². The molecule has 4 nitrogen and oxygen atoms in total. The van der Waals surface area contributed by atoms with Crippen LogP contribution in [0.2, 0.25) is 0 Å². The Morgan fingerprint density at radius 3 is 2.43 bits per heavy atom. The van der Waals surface area contributed by atoms with Crippen molar-refractivity contribution in [3.8, 4) is 5.75 Å². The highest BCUT2D eigenvalue weighted by molar-refractivity contribution is 5.97. The van der Waals surface area contributed by atoms with E-state index in [4.69, 9.17) is 15.7 Å². The lowest BCUT2D eigenvalue weighted by atomic mass is 10.1. The van der Waals surface area contributed by atoms with Gasteiger partial charge in [0, 0.05) is 17.2 Å². The van der Waals surface area contributed by atoms with Gasteiger partial charge in [-0.15, -0.1) is 0 Å². The highest BCUT2D eigenvalue weighted by Crippen LogP contribution is 2.18. The van der Waals surface area contributed by atoms with Gasteiger partial charge in [-0.1, -0.05) is 17.3 Å². The number of rotatable bonds is 4. The first-order valence-electron chi connectivity index (χ1n) is 5.85.